The van der Waals surface area contributed by atoms with Crippen LogP contribution in [-0.4, -0.2) is 57.2 Å². The molecule has 2 aliphatic heterocycles. The van der Waals surface area contributed by atoms with Crippen LogP contribution in [0, 0.1) is 0 Å². The van der Waals surface area contributed by atoms with Gasteiger partial charge in [-0.1, -0.05) is 41.9 Å². The summed E-state index contributed by atoms with van der Waals surface area (Å²) in [5.74, 6) is 0.383. The summed E-state index contributed by atoms with van der Waals surface area (Å²) in [7, 11) is 1.65. The number of amides is 2. The van der Waals surface area contributed by atoms with Crippen molar-refractivity contribution in [3.8, 4) is 5.75 Å². The number of carbonyl (C=O) groups excluding carboxylic acids is 2. The molecule has 0 N–H and O–H groups in total. The van der Waals surface area contributed by atoms with Crippen LogP contribution in [0.25, 0.3) is 0 Å². The minimum atomic E-state index is -0.798. The van der Waals surface area contributed by atoms with E-state index >= 15 is 0 Å². The number of anilines is 1. The SMILES string of the molecule is C[C@H]1Oc2cccnc2N(C)C(=O)[C@H]1N1CCc2c(nn(Cc3ccccc3)c2Cl)C1=O. The average Bonchev–Trinajstić information content (AvgIpc) is 3.07. The summed E-state index contributed by atoms with van der Waals surface area (Å²) >= 11 is 6.58. The molecule has 2 aromatic heterocycles. The van der Waals surface area contributed by atoms with Gasteiger partial charge >= 0.3 is 0 Å². The Hall–Kier alpha value is -3.39. The highest BCUT2D eigenvalue weighted by molar-refractivity contribution is 6.31. The number of aromatic nitrogens is 3. The van der Waals surface area contributed by atoms with Gasteiger partial charge in [0, 0.05) is 25.4 Å². The molecule has 32 heavy (non-hydrogen) atoms. The van der Waals surface area contributed by atoms with Gasteiger partial charge in [0.25, 0.3) is 11.8 Å². The Morgan fingerprint density at radius 1 is 1.16 bits per heavy atom. The van der Waals surface area contributed by atoms with Crippen LogP contribution >= 0.6 is 11.6 Å². The van der Waals surface area contributed by atoms with Crippen molar-refractivity contribution >= 4 is 29.2 Å². The number of halogens is 1. The molecule has 2 amide bonds. The first-order chi connectivity index (χ1) is 15.5. The number of nitrogens with zero attached hydrogens (tertiary/aromatic N) is 5. The van der Waals surface area contributed by atoms with Gasteiger partial charge in [0.1, 0.15) is 17.3 Å². The normalized spacial score (nSPS) is 20.5. The number of hydrogen-bond donors (Lipinski definition) is 0. The zero-order valence-electron chi connectivity index (χ0n) is 17.7. The lowest BCUT2D eigenvalue weighted by Gasteiger charge is -2.35. The van der Waals surface area contributed by atoms with Crippen LogP contribution in [0.3, 0.4) is 0 Å². The van der Waals surface area contributed by atoms with Crippen LogP contribution in [0.5, 0.6) is 5.75 Å². The highest BCUT2D eigenvalue weighted by atomic mass is 35.5. The van der Waals surface area contributed by atoms with Gasteiger partial charge < -0.3 is 9.64 Å². The lowest BCUT2D eigenvalue weighted by Crippen LogP contribution is -2.57. The molecule has 3 aromatic rings. The second-order valence-electron chi connectivity index (χ2n) is 8.00. The van der Waals surface area contributed by atoms with Gasteiger partial charge in [0.05, 0.1) is 6.54 Å². The van der Waals surface area contributed by atoms with E-state index < -0.39 is 12.1 Å². The summed E-state index contributed by atoms with van der Waals surface area (Å²) in [4.78, 5) is 34.1. The maximum absolute atomic E-state index is 13.5. The molecule has 4 heterocycles. The predicted molar refractivity (Wildman–Crippen MR) is 119 cm³/mol. The standard InChI is InChI=1S/C23H22ClN5O3/c1-14-19(23(31)27(2)21-17(32-14)9-6-11-25-21)28-12-10-16-18(22(28)30)26-29(20(16)24)13-15-7-4-3-5-8-15/h3-9,11,14,19H,10,12-13H2,1-2H3/t14-,19+/m1/s1. The third-order valence-corrected chi connectivity index (χ3v) is 6.39. The van der Waals surface area contributed by atoms with E-state index in [1.165, 1.54) is 4.90 Å². The number of ether oxygens (including phenoxy) is 1. The number of carbonyl (C=O) groups is 2. The van der Waals surface area contributed by atoms with Crippen molar-refractivity contribution in [3.05, 3.63) is 70.6 Å². The van der Waals surface area contributed by atoms with Gasteiger partial charge in [-0.2, -0.15) is 5.10 Å². The fourth-order valence-corrected chi connectivity index (χ4v) is 4.63. The van der Waals surface area contributed by atoms with Gasteiger partial charge in [0.2, 0.25) is 0 Å². The largest absolute Gasteiger partial charge is 0.484 e. The van der Waals surface area contributed by atoms with E-state index in [4.69, 9.17) is 16.3 Å². The monoisotopic (exact) mass is 451 g/mol. The Morgan fingerprint density at radius 2 is 1.94 bits per heavy atom. The number of rotatable bonds is 3. The van der Waals surface area contributed by atoms with Crippen molar-refractivity contribution in [2.75, 3.05) is 18.5 Å². The zero-order chi connectivity index (χ0) is 22.4. The van der Waals surface area contributed by atoms with E-state index in [2.05, 4.69) is 10.1 Å². The second kappa shape index (κ2) is 7.94. The average molecular weight is 452 g/mol. The molecule has 0 bridgehead atoms. The second-order valence-corrected chi connectivity index (χ2v) is 8.36. The summed E-state index contributed by atoms with van der Waals surface area (Å²) in [5.41, 5.74) is 2.04. The number of benzene rings is 1. The van der Waals surface area contributed by atoms with Crippen LogP contribution in [0.1, 0.15) is 28.5 Å². The maximum Gasteiger partial charge on any atom is 0.275 e. The Bertz CT molecular complexity index is 1200. The molecule has 1 aromatic carbocycles. The fourth-order valence-electron chi connectivity index (χ4n) is 4.35. The summed E-state index contributed by atoms with van der Waals surface area (Å²) in [6, 6.07) is 12.5. The van der Waals surface area contributed by atoms with Crippen molar-refractivity contribution in [2.45, 2.75) is 32.0 Å². The topological polar surface area (TPSA) is 80.6 Å². The highest BCUT2D eigenvalue weighted by Gasteiger charge is 2.44. The Kier molecular flexibility index (Phi) is 5.09. The first-order valence-electron chi connectivity index (χ1n) is 10.4. The summed E-state index contributed by atoms with van der Waals surface area (Å²) in [6.45, 7) is 2.61. The molecule has 164 valence electrons. The summed E-state index contributed by atoms with van der Waals surface area (Å²) in [5, 5.41) is 4.98. The Labute approximate surface area is 190 Å². The van der Waals surface area contributed by atoms with Crippen molar-refractivity contribution in [1.29, 1.82) is 0 Å². The van der Waals surface area contributed by atoms with Crippen LogP contribution < -0.4 is 9.64 Å². The first kappa shape index (κ1) is 20.5. The van der Waals surface area contributed by atoms with Crippen LogP contribution in [0.15, 0.2) is 48.7 Å². The van der Waals surface area contributed by atoms with Crippen molar-refractivity contribution in [3.63, 3.8) is 0 Å². The van der Waals surface area contributed by atoms with Gasteiger partial charge in [-0.25, -0.2) is 9.67 Å². The molecule has 9 heteroatoms. The molecular formula is C23H22ClN5O3. The third kappa shape index (κ3) is 3.31. The molecule has 0 spiro atoms. The van der Waals surface area contributed by atoms with Gasteiger partial charge in [-0.15, -0.1) is 0 Å². The van der Waals surface area contributed by atoms with Gasteiger partial charge in [-0.05, 0) is 31.0 Å². The smallest absolute Gasteiger partial charge is 0.275 e. The quantitative estimate of drug-likeness (QED) is 0.611. The molecule has 0 saturated carbocycles. The maximum atomic E-state index is 13.5. The number of likely N-dealkylation sites (N-methyl/N-ethyl adjacent to an activating group) is 1. The Morgan fingerprint density at radius 3 is 2.72 bits per heavy atom. The lowest BCUT2D eigenvalue weighted by atomic mass is 10.0. The van der Waals surface area contributed by atoms with E-state index in [9.17, 15) is 9.59 Å². The fraction of sp³-hybridized carbons (Fsp3) is 0.304. The molecule has 0 radical (unpaired) electrons. The zero-order valence-corrected chi connectivity index (χ0v) is 18.5. The number of fused-ring (bicyclic) bond motifs is 2. The third-order valence-electron chi connectivity index (χ3n) is 5.97. The van der Waals surface area contributed by atoms with E-state index in [0.717, 1.165) is 11.1 Å². The van der Waals surface area contributed by atoms with E-state index in [-0.39, 0.29) is 11.8 Å². The molecule has 0 fully saturated rings. The van der Waals surface area contributed by atoms with Crippen molar-refractivity contribution < 1.29 is 14.3 Å². The van der Waals surface area contributed by atoms with Crippen LogP contribution in [0.2, 0.25) is 5.15 Å². The summed E-state index contributed by atoms with van der Waals surface area (Å²) < 4.78 is 7.68. The summed E-state index contributed by atoms with van der Waals surface area (Å²) in [6.07, 6.45) is 1.57. The minimum Gasteiger partial charge on any atom is -0.484 e. The van der Waals surface area contributed by atoms with E-state index in [1.807, 2.05) is 30.3 Å². The molecule has 5 rings (SSSR count). The molecule has 2 atom stereocenters. The molecular weight excluding hydrogens is 430 g/mol. The van der Waals surface area contributed by atoms with Crippen molar-refractivity contribution in [1.82, 2.24) is 19.7 Å². The number of pyridine rings is 1. The van der Waals surface area contributed by atoms with E-state index in [0.29, 0.717) is 41.9 Å². The van der Waals surface area contributed by atoms with Crippen LogP contribution in [0.4, 0.5) is 5.82 Å². The predicted octanol–water partition coefficient (Wildman–Crippen LogP) is 2.79. The minimum absolute atomic E-state index is 0.249. The number of hydrogen-bond acceptors (Lipinski definition) is 5. The molecule has 8 nitrogen and oxygen atoms in total. The molecule has 0 aliphatic carbocycles. The van der Waals surface area contributed by atoms with Gasteiger partial charge in [-0.3, -0.25) is 14.5 Å². The van der Waals surface area contributed by atoms with Crippen molar-refractivity contribution in [2.24, 2.45) is 0 Å². The molecule has 2 aliphatic rings. The van der Waals surface area contributed by atoms with Crippen LogP contribution in [-0.2, 0) is 17.8 Å². The molecule has 0 unspecified atom stereocenters. The van der Waals surface area contributed by atoms with Gasteiger partial charge in [0.15, 0.2) is 17.3 Å². The Balaban J connectivity index is 1.46. The molecule has 0 saturated heterocycles. The highest BCUT2D eigenvalue weighted by Crippen LogP contribution is 2.34. The lowest BCUT2D eigenvalue weighted by molar-refractivity contribution is -0.125. The van der Waals surface area contributed by atoms with E-state index in [1.54, 1.807) is 41.9 Å². The first-order valence-corrected chi connectivity index (χ1v) is 10.8.